The van der Waals surface area contributed by atoms with E-state index >= 15 is 0 Å². The Morgan fingerprint density at radius 1 is 1.59 bits per heavy atom. The van der Waals surface area contributed by atoms with Crippen molar-refractivity contribution in [3.63, 3.8) is 0 Å². The van der Waals surface area contributed by atoms with Crippen LogP contribution in [0.25, 0.3) is 0 Å². The van der Waals surface area contributed by atoms with Gasteiger partial charge in [0.1, 0.15) is 11.9 Å². The van der Waals surface area contributed by atoms with Crippen LogP contribution in [0, 0.1) is 17.1 Å². The molecule has 0 saturated carbocycles. The van der Waals surface area contributed by atoms with Crippen LogP contribution in [0.3, 0.4) is 0 Å². The third-order valence-corrected chi connectivity index (χ3v) is 1.99. The number of carbonyl (C=O) groups excluding carboxylic acids is 1. The van der Waals surface area contributed by atoms with Crippen LogP contribution in [0.2, 0.25) is 0 Å². The lowest BCUT2D eigenvalue weighted by molar-refractivity contribution is -0.117. The molecule has 0 radical (unpaired) electrons. The topological polar surface area (TPSA) is 78.9 Å². The lowest BCUT2D eigenvalue weighted by Crippen LogP contribution is -2.36. The first kappa shape index (κ1) is 13.1. The molecule has 0 unspecified atom stereocenters. The number of hydrogen-bond donors (Lipinski definition) is 2. The van der Waals surface area contributed by atoms with Crippen molar-refractivity contribution in [2.24, 2.45) is 5.73 Å². The zero-order valence-electron chi connectivity index (χ0n) is 9.75. The van der Waals surface area contributed by atoms with E-state index in [0.29, 0.717) is 5.69 Å². The second kappa shape index (κ2) is 4.93. The average molecular weight is 235 g/mol. The Morgan fingerprint density at radius 3 is 2.76 bits per heavy atom. The standard InChI is InChI=1S/C12H14FN3O/c1-12(2,15)6-11(17)16-9-3-4-10(13)8(5-9)7-14/h3-5H,6,15H2,1-2H3,(H,16,17). The molecule has 1 rings (SSSR count). The summed E-state index contributed by atoms with van der Waals surface area (Å²) in [4.78, 5) is 11.5. The molecule has 1 aromatic rings. The van der Waals surface area contributed by atoms with Crippen molar-refractivity contribution in [1.29, 1.82) is 5.26 Å². The third kappa shape index (κ3) is 4.21. The molecular formula is C12H14FN3O. The average Bonchev–Trinajstić information content (AvgIpc) is 2.18. The van der Waals surface area contributed by atoms with Crippen molar-refractivity contribution in [2.75, 3.05) is 5.32 Å². The van der Waals surface area contributed by atoms with Gasteiger partial charge in [-0.2, -0.15) is 5.26 Å². The molecule has 0 aromatic heterocycles. The third-order valence-electron chi connectivity index (χ3n) is 1.99. The number of nitrogens with zero attached hydrogens (tertiary/aromatic N) is 1. The highest BCUT2D eigenvalue weighted by molar-refractivity contribution is 5.91. The van der Waals surface area contributed by atoms with E-state index < -0.39 is 11.4 Å². The fourth-order valence-corrected chi connectivity index (χ4v) is 1.31. The lowest BCUT2D eigenvalue weighted by Gasteiger charge is -2.17. The zero-order valence-corrected chi connectivity index (χ0v) is 9.75. The number of amides is 1. The number of hydrogen-bond acceptors (Lipinski definition) is 3. The van der Waals surface area contributed by atoms with Crippen molar-refractivity contribution in [3.8, 4) is 6.07 Å². The van der Waals surface area contributed by atoms with Crippen molar-refractivity contribution in [1.82, 2.24) is 0 Å². The summed E-state index contributed by atoms with van der Waals surface area (Å²) >= 11 is 0. The number of carbonyl (C=O) groups is 1. The van der Waals surface area contributed by atoms with Gasteiger partial charge in [0.25, 0.3) is 0 Å². The molecule has 0 atom stereocenters. The van der Waals surface area contributed by atoms with Gasteiger partial charge in [-0.3, -0.25) is 4.79 Å². The number of rotatable bonds is 3. The van der Waals surface area contributed by atoms with Crippen molar-refractivity contribution >= 4 is 11.6 Å². The monoisotopic (exact) mass is 235 g/mol. The normalized spacial score (nSPS) is 10.8. The summed E-state index contributed by atoms with van der Waals surface area (Å²) < 4.78 is 13.0. The number of nitrogens with two attached hydrogens (primary N) is 1. The predicted octanol–water partition coefficient (Wildman–Crippen LogP) is 1.76. The minimum atomic E-state index is -0.609. The summed E-state index contributed by atoms with van der Waals surface area (Å²) in [7, 11) is 0. The second-order valence-electron chi connectivity index (χ2n) is 4.52. The van der Waals surface area contributed by atoms with Gasteiger partial charge < -0.3 is 11.1 Å². The van der Waals surface area contributed by atoms with Gasteiger partial charge in [0.15, 0.2) is 0 Å². The first-order valence-electron chi connectivity index (χ1n) is 5.10. The Balaban J connectivity index is 2.77. The SMILES string of the molecule is CC(C)(N)CC(=O)Nc1ccc(F)c(C#N)c1. The molecule has 0 bridgehead atoms. The van der Waals surface area contributed by atoms with Crippen LogP contribution in [0.15, 0.2) is 18.2 Å². The second-order valence-corrected chi connectivity index (χ2v) is 4.52. The van der Waals surface area contributed by atoms with Crippen LogP contribution in [0.4, 0.5) is 10.1 Å². The molecule has 0 fully saturated rings. The van der Waals surface area contributed by atoms with Gasteiger partial charge >= 0.3 is 0 Å². The summed E-state index contributed by atoms with van der Waals surface area (Å²) in [5, 5.41) is 11.2. The number of benzene rings is 1. The van der Waals surface area contributed by atoms with Crippen molar-refractivity contribution in [2.45, 2.75) is 25.8 Å². The minimum Gasteiger partial charge on any atom is -0.326 e. The number of nitriles is 1. The maximum Gasteiger partial charge on any atom is 0.226 e. The molecule has 90 valence electrons. The first-order valence-corrected chi connectivity index (χ1v) is 5.10. The van der Waals surface area contributed by atoms with E-state index in [2.05, 4.69) is 5.32 Å². The summed E-state index contributed by atoms with van der Waals surface area (Å²) in [6.45, 7) is 3.47. The van der Waals surface area contributed by atoms with E-state index in [1.807, 2.05) is 0 Å². The number of halogens is 1. The highest BCUT2D eigenvalue weighted by Gasteiger charge is 2.16. The van der Waals surface area contributed by atoms with Gasteiger partial charge in [0.05, 0.1) is 5.56 Å². The maximum absolute atomic E-state index is 13.0. The summed E-state index contributed by atoms with van der Waals surface area (Å²) in [6, 6.07) is 5.54. The zero-order chi connectivity index (χ0) is 13.1. The van der Waals surface area contributed by atoms with Gasteiger partial charge in [0, 0.05) is 17.6 Å². The van der Waals surface area contributed by atoms with Crippen LogP contribution in [0.5, 0.6) is 0 Å². The quantitative estimate of drug-likeness (QED) is 0.837. The molecule has 0 aliphatic carbocycles. The van der Waals surface area contributed by atoms with E-state index in [-0.39, 0.29) is 17.9 Å². The van der Waals surface area contributed by atoms with Gasteiger partial charge in [-0.15, -0.1) is 0 Å². The first-order chi connectivity index (χ1) is 7.81. The minimum absolute atomic E-state index is 0.102. The number of nitrogens with one attached hydrogen (secondary N) is 1. The van der Waals surface area contributed by atoms with E-state index in [0.717, 1.165) is 6.07 Å². The molecule has 0 saturated heterocycles. The Hall–Kier alpha value is -1.93. The molecule has 5 heteroatoms. The molecule has 0 aliphatic heterocycles. The maximum atomic E-state index is 13.0. The van der Waals surface area contributed by atoms with Crippen LogP contribution in [-0.4, -0.2) is 11.4 Å². The van der Waals surface area contributed by atoms with E-state index in [1.165, 1.54) is 12.1 Å². The molecule has 0 spiro atoms. The van der Waals surface area contributed by atoms with Gasteiger partial charge in [-0.05, 0) is 32.0 Å². The van der Waals surface area contributed by atoms with Gasteiger partial charge in [-0.25, -0.2) is 4.39 Å². The number of anilines is 1. The Morgan fingerprint density at radius 2 is 2.24 bits per heavy atom. The Kier molecular flexibility index (Phi) is 3.81. The molecule has 17 heavy (non-hydrogen) atoms. The van der Waals surface area contributed by atoms with Crippen LogP contribution in [0.1, 0.15) is 25.8 Å². The molecule has 0 heterocycles. The predicted molar refractivity (Wildman–Crippen MR) is 62.6 cm³/mol. The smallest absolute Gasteiger partial charge is 0.226 e. The Labute approximate surface area is 99.2 Å². The fourth-order valence-electron chi connectivity index (χ4n) is 1.31. The molecule has 4 nitrogen and oxygen atoms in total. The van der Waals surface area contributed by atoms with Crippen LogP contribution in [-0.2, 0) is 4.79 Å². The Bertz CT molecular complexity index is 472. The fraction of sp³-hybridized carbons (Fsp3) is 0.333. The highest BCUT2D eigenvalue weighted by Crippen LogP contribution is 2.15. The van der Waals surface area contributed by atoms with E-state index in [4.69, 9.17) is 11.0 Å². The van der Waals surface area contributed by atoms with Gasteiger partial charge in [-0.1, -0.05) is 0 Å². The molecule has 0 aliphatic rings. The van der Waals surface area contributed by atoms with E-state index in [9.17, 15) is 9.18 Å². The van der Waals surface area contributed by atoms with Gasteiger partial charge in [0.2, 0.25) is 5.91 Å². The molecule has 1 aromatic carbocycles. The molecule has 1 amide bonds. The lowest BCUT2D eigenvalue weighted by atomic mass is 10.0. The summed E-state index contributed by atoms with van der Waals surface area (Å²) in [6.07, 6.45) is 0.145. The highest BCUT2D eigenvalue weighted by atomic mass is 19.1. The van der Waals surface area contributed by atoms with Crippen molar-refractivity contribution < 1.29 is 9.18 Å². The van der Waals surface area contributed by atoms with Crippen LogP contribution >= 0.6 is 0 Å². The van der Waals surface area contributed by atoms with Crippen LogP contribution < -0.4 is 11.1 Å². The van der Waals surface area contributed by atoms with Crippen molar-refractivity contribution in [3.05, 3.63) is 29.6 Å². The largest absolute Gasteiger partial charge is 0.326 e. The summed E-state index contributed by atoms with van der Waals surface area (Å²) in [5.41, 5.74) is 5.37. The summed E-state index contributed by atoms with van der Waals surface area (Å²) in [5.74, 6) is -0.877. The molecule has 3 N–H and O–H groups in total. The van der Waals surface area contributed by atoms with E-state index in [1.54, 1.807) is 19.9 Å². The molecular weight excluding hydrogens is 221 g/mol.